The standard InChI is InChI=1S/C27H27N7O/c1-33-13-15-34(16-14-33)23-8-5-21(6-9-23)31-27-30-18-20-3-2-4-24(26(20)32-27)19-11-12-29-22(17-19)7-10-25(28)35/h2-12,17-18H,13-16H2,1H3,(H2,28,35)(H,30,31,32). The summed E-state index contributed by atoms with van der Waals surface area (Å²) in [6.45, 7) is 4.23. The van der Waals surface area contributed by atoms with E-state index in [1.807, 2.05) is 36.5 Å². The van der Waals surface area contributed by atoms with Crippen LogP contribution in [0.4, 0.5) is 17.3 Å². The number of nitrogens with zero attached hydrogens (tertiary/aromatic N) is 5. The first kappa shape index (κ1) is 22.5. The van der Waals surface area contributed by atoms with E-state index in [4.69, 9.17) is 10.7 Å². The molecule has 1 saturated heterocycles. The summed E-state index contributed by atoms with van der Waals surface area (Å²) >= 11 is 0. The second kappa shape index (κ2) is 9.90. The number of carbonyl (C=O) groups is 1. The molecule has 0 bridgehead atoms. The maximum absolute atomic E-state index is 11.1. The molecule has 8 nitrogen and oxygen atoms in total. The number of carbonyl (C=O) groups excluding carboxylic acids is 1. The number of hydrogen-bond donors (Lipinski definition) is 2. The first-order valence-electron chi connectivity index (χ1n) is 11.6. The molecule has 35 heavy (non-hydrogen) atoms. The molecule has 0 atom stereocenters. The van der Waals surface area contributed by atoms with Gasteiger partial charge >= 0.3 is 0 Å². The van der Waals surface area contributed by atoms with Crippen molar-refractivity contribution in [2.45, 2.75) is 0 Å². The van der Waals surface area contributed by atoms with Gasteiger partial charge in [-0.2, -0.15) is 0 Å². The van der Waals surface area contributed by atoms with Gasteiger partial charge in [0.05, 0.1) is 11.2 Å². The van der Waals surface area contributed by atoms with E-state index in [0.717, 1.165) is 53.9 Å². The molecule has 3 N–H and O–H groups in total. The molecule has 4 aromatic rings. The second-order valence-electron chi connectivity index (χ2n) is 8.60. The lowest BCUT2D eigenvalue weighted by Crippen LogP contribution is -2.44. The van der Waals surface area contributed by atoms with E-state index >= 15 is 0 Å². The van der Waals surface area contributed by atoms with Crippen LogP contribution in [0.1, 0.15) is 5.69 Å². The lowest BCUT2D eigenvalue weighted by molar-refractivity contribution is -0.113. The normalized spacial score (nSPS) is 14.5. The molecule has 5 rings (SSSR count). The van der Waals surface area contributed by atoms with E-state index in [2.05, 4.69) is 56.4 Å². The fourth-order valence-electron chi connectivity index (χ4n) is 4.17. The molecule has 1 aliphatic heterocycles. The number of benzene rings is 2. The minimum absolute atomic E-state index is 0.512. The van der Waals surface area contributed by atoms with Crippen LogP contribution in [0.5, 0.6) is 0 Å². The molecule has 0 saturated carbocycles. The van der Waals surface area contributed by atoms with E-state index in [9.17, 15) is 4.79 Å². The summed E-state index contributed by atoms with van der Waals surface area (Å²) < 4.78 is 0. The topological polar surface area (TPSA) is 100 Å². The predicted octanol–water partition coefficient (Wildman–Crippen LogP) is 3.69. The van der Waals surface area contributed by atoms with E-state index in [1.165, 1.54) is 11.8 Å². The van der Waals surface area contributed by atoms with E-state index in [0.29, 0.717) is 11.6 Å². The lowest BCUT2D eigenvalue weighted by Gasteiger charge is -2.34. The number of piperazine rings is 1. The Balaban J connectivity index is 1.40. The number of aromatic nitrogens is 3. The molecule has 2 aromatic carbocycles. The Morgan fingerprint density at radius 2 is 1.83 bits per heavy atom. The third-order valence-corrected chi connectivity index (χ3v) is 6.11. The number of likely N-dealkylation sites (N-methyl/N-ethyl adjacent to an activating group) is 1. The van der Waals surface area contributed by atoms with Crippen LogP contribution in [0.25, 0.3) is 28.1 Å². The Kier molecular flexibility index (Phi) is 6.36. The highest BCUT2D eigenvalue weighted by atomic mass is 16.1. The summed E-state index contributed by atoms with van der Waals surface area (Å²) in [6.07, 6.45) is 6.43. The Labute approximate surface area is 204 Å². The zero-order chi connectivity index (χ0) is 24.2. The number of rotatable bonds is 6. The molecule has 0 radical (unpaired) electrons. The molecule has 1 aliphatic rings. The zero-order valence-corrected chi connectivity index (χ0v) is 19.6. The van der Waals surface area contributed by atoms with Crippen molar-refractivity contribution in [3.63, 3.8) is 0 Å². The van der Waals surface area contributed by atoms with Crippen molar-refractivity contribution >= 4 is 40.2 Å². The lowest BCUT2D eigenvalue weighted by atomic mass is 10.0. The number of nitrogens with one attached hydrogen (secondary N) is 1. The summed E-state index contributed by atoms with van der Waals surface area (Å²) in [5.74, 6) is 0.0163. The monoisotopic (exact) mass is 465 g/mol. The first-order chi connectivity index (χ1) is 17.0. The molecule has 2 aromatic heterocycles. The van der Waals surface area contributed by atoms with Crippen molar-refractivity contribution in [2.75, 3.05) is 43.4 Å². The highest BCUT2D eigenvalue weighted by molar-refractivity contribution is 5.94. The van der Waals surface area contributed by atoms with Gasteiger partial charge in [-0.25, -0.2) is 9.97 Å². The number of primary amides is 1. The molecular formula is C27H27N7O. The molecule has 0 aliphatic carbocycles. The van der Waals surface area contributed by atoms with Gasteiger partial charge in [-0.05, 0) is 55.1 Å². The minimum atomic E-state index is -0.512. The number of anilines is 3. The van der Waals surface area contributed by atoms with Crippen LogP contribution in [0.2, 0.25) is 0 Å². The maximum Gasteiger partial charge on any atom is 0.241 e. The molecule has 1 fully saturated rings. The van der Waals surface area contributed by atoms with Crippen LogP contribution < -0.4 is 16.0 Å². The second-order valence-corrected chi connectivity index (χ2v) is 8.60. The number of fused-ring (bicyclic) bond motifs is 1. The molecular weight excluding hydrogens is 438 g/mol. The van der Waals surface area contributed by atoms with E-state index < -0.39 is 5.91 Å². The highest BCUT2D eigenvalue weighted by Gasteiger charge is 2.14. The minimum Gasteiger partial charge on any atom is -0.369 e. The quantitative estimate of drug-likeness (QED) is 0.419. The Morgan fingerprint density at radius 3 is 2.60 bits per heavy atom. The number of amides is 1. The number of nitrogens with two attached hydrogens (primary N) is 1. The van der Waals surface area contributed by atoms with Crippen molar-refractivity contribution in [1.29, 1.82) is 0 Å². The van der Waals surface area contributed by atoms with Crippen molar-refractivity contribution in [2.24, 2.45) is 5.73 Å². The fourth-order valence-corrected chi connectivity index (χ4v) is 4.17. The van der Waals surface area contributed by atoms with Crippen LogP contribution in [0.3, 0.4) is 0 Å². The average Bonchev–Trinajstić information content (AvgIpc) is 2.88. The number of para-hydroxylation sites is 1. The summed E-state index contributed by atoms with van der Waals surface area (Å²) in [6, 6.07) is 18.2. The van der Waals surface area contributed by atoms with Gasteiger partial charge in [-0.3, -0.25) is 9.78 Å². The molecule has 0 spiro atoms. The third kappa shape index (κ3) is 5.28. The summed E-state index contributed by atoms with van der Waals surface area (Å²) in [4.78, 5) is 29.5. The molecule has 3 heterocycles. The zero-order valence-electron chi connectivity index (χ0n) is 19.6. The average molecular weight is 466 g/mol. The van der Waals surface area contributed by atoms with Gasteiger partial charge in [0.2, 0.25) is 11.9 Å². The molecule has 8 heteroatoms. The van der Waals surface area contributed by atoms with Gasteiger partial charge in [0.25, 0.3) is 0 Å². The summed E-state index contributed by atoms with van der Waals surface area (Å²) in [7, 11) is 2.16. The third-order valence-electron chi connectivity index (χ3n) is 6.11. The molecule has 1 amide bonds. The number of hydrogen-bond acceptors (Lipinski definition) is 7. The van der Waals surface area contributed by atoms with Crippen molar-refractivity contribution in [1.82, 2.24) is 19.9 Å². The van der Waals surface area contributed by atoms with Crippen LogP contribution in [-0.2, 0) is 4.79 Å². The van der Waals surface area contributed by atoms with Crippen LogP contribution in [0.15, 0.2) is 73.1 Å². The maximum atomic E-state index is 11.1. The number of pyridine rings is 1. The van der Waals surface area contributed by atoms with Crippen LogP contribution >= 0.6 is 0 Å². The SMILES string of the molecule is CN1CCN(c2ccc(Nc3ncc4cccc(-c5ccnc(C=CC(N)=O)c5)c4n3)cc2)CC1. The van der Waals surface area contributed by atoms with Crippen molar-refractivity contribution in [3.05, 3.63) is 78.8 Å². The van der Waals surface area contributed by atoms with E-state index in [1.54, 1.807) is 12.3 Å². The fraction of sp³-hybridized carbons (Fsp3) is 0.185. The van der Waals surface area contributed by atoms with Gasteiger partial charge in [0.15, 0.2) is 0 Å². The Hall–Kier alpha value is -4.30. The van der Waals surface area contributed by atoms with E-state index in [-0.39, 0.29) is 0 Å². The van der Waals surface area contributed by atoms with Crippen molar-refractivity contribution < 1.29 is 4.79 Å². The Bertz CT molecular complexity index is 1380. The predicted molar refractivity (Wildman–Crippen MR) is 140 cm³/mol. The van der Waals surface area contributed by atoms with Gasteiger partial charge in [-0.1, -0.05) is 18.2 Å². The molecule has 0 unspecified atom stereocenters. The Morgan fingerprint density at radius 1 is 1.03 bits per heavy atom. The first-order valence-corrected chi connectivity index (χ1v) is 11.6. The van der Waals surface area contributed by atoms with Crippen LogP contribution in [0, 0.1) is 0 Å². The largest absolute Gasteiger partial charge is 0.369 e. The van der Waals surface area contributed by atoms with Gasteiger partial charge in [-0.15, -0.1) is 0 Å². The van der Waals surface area contributed by atoms with Gasteiger partial charge in [0.1, 0.15) is 0 Å². The highest BCUT2D eigenvalue weighted by Crippen LogP contribution is 2.29. The smallest absolute Gasteiger partial charge is 0.241 e. The summed E-state index contributed by atoms with van der Waals surface area (Å²) in [5.41, 5.74) is 10.7. The van der Waals surface area contributed by atoms with Gasteiger partial charge < -0.3 is 20.9 Å². The molecule has 176 valence electrons. The van der Waals surface area contributed by atoms with Crippen molar-refractivity contribution in [3.8, 4) is 11.1 Å². The summed E-state index contributed by atoms with van der Waals surface area (Å²) in [5, 5.41) is 4.27. The van der Waals surface area contributed by atoms with Gasteiger partial charge in [0, 0.05) is 67.0 Å². The van der Waals surface area contributed by atoms with Crippen LogP contribution in [-0.4, -0.2) is 59.0 Å².